The molecule has 1 heterocycles. The molecule has 0 fully saturated rings. The second kappa shape index (κ2) is 7.95. The number of urea groups is 1. The number of amides is 2. The zero-order chi connectivity index (χ0) is 15.0. The zero-order valence-electron chi connectivity index (χ0n) is 10.8. The summed E-state index contributed by atoms with van der Waals surface area (Å²) in [6.07, 6.45) is -3.54. The van der Waals surface area contributed by atoms with Gasteiger partial charge in [-0.3, -0.25) is 9.71 Å². The summed E-state index contributed by atoms with van der Waals surface area (Å²) in [7, 11) is 1.52. The van der Waals surface area contributed by atoms with Gasteiger partial charge in [0.1, 0.15) is 0 Å². The molecule has 1 rings (SSSR count). The molecule has 0 aromatic carbocycles. The quantitative estimate of drug-likeness (QED) is 0.553. The SMILES string of the molecule is CNC(=O)NSCCNCc1ccc(C(F)(F)F)cn1. The Hall–Kier alpha value is -1.48. The molecule has 0 bridgehead atoms. The van der Waals surface area contributed by atoms with Gasteiger partial charge in [-0.25, -0.2) is 4.79 Å². The van der Waals surface area contributed by atoms with Gasteiger partial charge in [0, 0.05) is 32.1 Å². The molecule has 1 aromatic heterocycles. The van der Waals surface area contributed by atoms with Crippen molar-refractivity contribution in [1.82, 2.24) is 20.3 Å². The molecule has 20 heavy (non-hydrogen) atoms. The van der Waals surface area contributed by atoms with E-state index in [0.717, 1.165) is 12.3 Å². The average Bonchev–Trinajstić information content (AvgIpc) is 2.41. The van der Waals surface area contributed by atoms with Gasteiger partial charge in [-0.15, -0.1) is 0 Å². The van der Waals surface area contributed by atoms with Crippen molar-refractivity contribution in [3.8, 4) is 0 Å². The number of hydrogen-bond donors (Lipinski definition) is 3. The number of nitrogens with one attached hydrogen (secondary N) is 3. The fraction of sp³-hybridized carbons (Fsp3) is 0.455. The van der Waals surface area contributed by atoms with Crippen molar-refractivity contribution in [3.63, 3.8) is 0 Å². The molecule has 0 saturated carbocycles. The van der Waals surface area contributed by atoms with E-state index in [1.165, 1.54) is 25.1 Å². The Morgan fingerprint density at radius 1 is 1.40 bits per heavy atom. The summed E-state index contributed by atoms with van der Waals surface area (Å²) in [6, 6.07) is 2.07. The van der Waals surface area contributed by atoms with Crippen molar-refractivity contribution in [1.29, 1.82) is 0 Å². The number of carbonyl (C=O) groups is 1. The van der Waals surface area contributed by atoms with E-state index in [-0.39, 0.29) is 6.03 Å². The molecule has 112 valence electrons. The molecular formula is C11H15F3N4OS. The third-order valence-electron chi connectivity index (χ3n) is 2.23. The van der Waals surface area contributed by atoms with Crippen LogP contribution < -0.4 is 15.4 Å². The van der Waals surface area contributed by atoms with Crippen LogP contribution in [0.4, 0.5) is 18.0 Å². The Bertz CT molecular complexity index is 425. The van der Waals surface area contributed by atoms with Gasteiger partial charge in [0.2, 0.25) is 0 Å². The summed E-state index contributed by atoms with van der Waals surface area (Å²) in [5, 5.41) is 5.42. The molecule has 0 aliphatic heterocycles. The van der Waals surface area contributed by atoms with E-state index >= 15 is 0 Å². The highest BCUT2D eigenvalue weighted by Crippen LogP contribution is 2.28. The van der Waals surface area contributed by atoms with Crippen LogP contribution in [-0.4, -0.2) is 30.4 Å². The predicted octanol–water partition coefficient (Wildman–Crippen LogP) is 1.77. The summed E-state index contributed by atoms with van der Waals surface area (Å²) in [4.78, 5) is 14.5. The highest BCUT2D eigenvalue weighted by molar-refractivity contribution is 7.97. The predicted molar refractivity (Wildman–Crippen MR) is 71.0 cm³/mol. The number of rotatable bonds is 6. The topological polar surface area (TPSA) is 66.1 Å². The van der Waals surface area contributed by atoms with Gasteiger partial charge in [-0.05, 0) is 24.1 Å². The van der Waals surface area contributed by atoms with Crippen LogP contribution in [0.3, 0.4) is 0 Å². The van der Waals surface area contributed by atoms with Crippen molar-refractivity contribution >= 4 is 18.0 Å². The minimum absolute atomic E-state index is 0.278. The van der Waals surface area contributed by atoms with E-state index in [0.29, 0.717) is 24.5 Å². The monoisotopic (exact) mass is 308 g/mol. The first-order valence-corrected chi connectivity index (χ1v) is 6.74. The molecule has 0 aliphatic rings. The number of nitrogens with zero attached hydrogens (tertiary/aromatic N) is 1. The molecule has 9 heteroatoms. The Kier molecular flexibility index (Phi) is 6.59. The molecule has 5 nitrogen and oxygen atoms in total. The number of alkyl halides is 3. The van der Waals surface area contributed by atoms with Crippen molar-refractivity contribution in [3.05, 3.63) is 29.6 Å². The second-order valence-corrected chi connectivity index (χ2v) is 4.64. The van der Waals surface area contributed by atoms with E-state index in [1.54, 1.807) is 0 Å². The molecule has 3 N–H and O–H groups in total. The van der Waals surface area contributed by atoms with Crippen LogP contribution >= 0.6 is 11.9 Å². The van der Waals surface area contributed by atoms with Crippen LogP contribution in [0.25, 0.3) is 0 Å². The molecule has 0 saturated heterocycles. The average molecular weight is 308 g/mol. The first kappa shape index (κ1) is 16.6. The lowest BCUT2D eigenvalue weighted by Crippen LogP contribution is -2.29. The summed E-state index contributed by atoms with van der Waals surface area (Å²) in [5.74, 6) is 0.633. The Morgan fingerprint density at radius 2 is 2.15 bits per heavy atom. The minimum atomic E-state index is -4.36. The summed E-state index contributed by atoms with van der Waals surface area (Å²) in [5.41, 5.74) is -0.228. The van der Waals surface area contributed by atoms with Gasteiger partial charge in [-0.2, -0.15) is 13.2 Å². The van der Waals surface area contributed by atoms with E-state index in [9.17, 15) is 18.0 Å². The molecule has 0 aliphatic carbocycles. The van der Waals surface area contributed by atoms with Crippen molar-refractivity contribution < 1.29 is 18.0 Å². The van der Waals surface area contributed by atoms with Crippen LogP contribution in [0.5, 0.6) is 0 Å². The van der Waals surface area contributed by atoms with Crippen molar-refractivity contribution in [2.24, 2.45) is 0 Å². The molecule has 0 atom stereocenters. The zero-order valence-corrected chi connectivity index (χ0v) is 11.6. The highest BCUT2D eigenvalue weighted by Gasteiger charge is 2.30. The highest BCUT2D eigenvalue weighted by atomic mass is 32.2. The van der Waals surface area contributed by atoms with Gasteiger partial charge in [0.25, 0.3) is 0 Å². The fourth-order valence-corrected chi connectivity index (χ4v) is 1.79. The van der Waals surface area contributed by atoms with Crippen LogP contribution in [0, 0.1) is 0 Å². The smallest absolute Gasteiger partial charge is 0.341 e. The molecule has 0 spiro atoms. The van der Waals surface area contributed by atoms with Gasteiger partial charge < -0.3 is 10.6 Å². The van der Waals surface area contributed by atoms with Crippen molar-refractivity contribution in [2.75, 3.05) is 19.3 Å². The number of hydrogen-bond acceptors (Lipinski definition) is 4. The van der Waals surface area contributed by atoms with Gasteiger partial charge in [0.05, 0.1) is 11.3 Å². The van der Waals surface area contributed by atoms with E-state index in [1.807, 2.05) is 0 Å². The number of aromatic nitrogens is 1. The molecule has 0 unspecified atom stereocenters. The molecule has 0 radical (unpaired) electrons. The summed E-state index contributed by atoms with van der Waals surface area (Å²) >= 11 is 1.23. The Labute approximate surface area is 118 Å². The maximum atomic E-state index is 12.3. The lowest BCUT2D eigenvalue weighted by molar-refractivity contribution is -0.137. The summed E-state index contributed by atoms with van der Waals surface area (Å²) < 4.78 is 39.5. The minimum Gasteiger partial charge on any atom is -0.341 e. The van der Waals surface area contributed by atoms with E-state index < -0.39 is 11.7 Å². The van der Waals surface area contributed by atoms with Gasteiger partial charge >= 0.3 is 12.2 Å². The van der Waals surface area contributed by atoms with E-state index in [4.69, 9.17) is 0 Å². The van der Waals surface area contributed by atoms with Gasteiger partial charge in [0.15, 0.2) is 0 Å². The first-order chi connectivity index (χ1) is 9.43. The number of pyridine rings is 1. The molecule has 2 amide bonds. The van der Waals surface area contributed by atoms with Gasteiger partial charge in [-0.1, -0.05) is 0 Å². The lowest BCUT2D eigenvalue weighted by atomic mass is 10.2. The van der Waals surface area contributed by atoms with Crippen molar-refractivity contribution in [2.45, 2.75) is 12.7 Å². The fourth-order valence-electron chi connectivity index (χ4n) is 1.20. The van der Waals surface area contributed by atoms with Crippen LogP contribution in [0.2, 0.25) is 0 Å². The Balaban J connectivity index is 2.21. The number of carbonyl (C=O) groups excluding carboxylic acids is 1. The normalized spacial score (nSPS) is 11.2. The third kappa shape index (κ3) is 6.11. The molecule has 1 aromatic rings. The lowest BCUT2D eigenvalue weighted by Gasteiger charge is -2.08. The maximum Gasteiger partial charge on any atom is 0.417 e. The standard InChI is InChI=1S/C11H15F3N4OS/c1-15-10(19)18-20-5-4-16-7-9-3-2-8(6-17-9)11(12,13)14/h2-3,6,16H,4-5,7H2,1H3,(H2,15,18,19). The second-order valence-electron chi connectivity index (χ2n) is 3.74. The van der Waals surface area contributed by atoms with Crippen LogP contribution in [-0.2, 0) is 12.7 Å². The largest absolute Gasteiger partial charge is 0.417 e. The van der Waals surface area contributed by atoms with Crippen LogP contribution in [0.1, 0.15) is 11.3 Å². The first-order valence-electron chi connectivity index (χ1n) is 5.76. The Morgan fingerprint density at radius 3 is 2.70 bits per heavy atom. The summed E-state index contributed by atoms with van der Waals surface area (Å²) in [6.45, 7) is 0.968. The third-order valence-corrected chi connectivity index (χ3v) is 2.97. The maximum absolute atomic E-state index is 12.3. The van der Waals surface area contributed by atoms with E-state index in [2.05, 4.69) is 20.3 Å². The van der Waals surface area contributed by atoms with Crippen LogP contribution in [0.15, 0.2) is 18.3 Å². The number of halogens is 3. The molecular weight excluding hydrogens is 293 g/mol.